The molecule has 1 unspecified atom stereocenters. The molecule has 0 N–H and O–H groups in total. The third-order valence-electron chi connectivity index (χ3n) is 3.89. The highest BCUT2D eigenvalue weighted by Gasteiger charge is 2.32. The number of nitrogens with zero attached hydrogens (tertiary/aromatic N) is 3. The summed E-state index contributed by atoms with van der Waals surface area (Å²) in [6, 6.07) is 2.19. The third-order valence-corrected chi connectivity index (χ3v) is 4.86. The second-order valence-corrected chi connectivity index (χ2v) is 6.89. The Bertz CT molecular complexity index is 643. The van der Waals surface area contributed by atoms with Crippen LogP contribution in [0.2, 0.25) is 0 Å². The summed E-state index contributed by atoms with van der Waals surface area (Å²) in [6.45, 7) is 4.92. The number of aryl methyl sites for hydroxylation is 3. The van der Waals surface area contributed by atoms with Crippen LogP contribution in [0.1, 0.15) is 44.6 Å². The molecule has 4 nitrogen and oxygen atoms in total. The number of carbonyl (C=O) groups excluding carboxylic acids is 1. The minimum absolute atomic E-state index is 0.165. The monoisotopic (exact) mass is 289 g/mol. The van der Waals surface area contributed by atoms with E-state index in [1.54, 1.807) is 16.0 Å². The van der Waals surface area contributed by atoms with Gasteiger partial charge in [0.15, 0.2) is 0 Å². The molecule has 1 aliphatic heterocycles. The number of rotatable bonds is 2. The zero-order valence-corrected chi connectivity index (χ0v) is 12.9. The van der Waals surface area contributed by atoms with Crippen LogP contribution >= 0.6 is 11.3 Å². The molecule has 5 heteroatoms. The Balaban J connectivity index is 1.89. The quantitative estimate of drug-likeness (QED) is 0.852. The Labute approximate surface area is 123 Å². The van der Waals surface area contributed by atoms with Gasteiger partial charge in [0.25, 0.3) is 5.91 Å². The molecule has 2 aromatic heterocycles. The molecule has 0 aliphatic carbocycles. The topological polar surface area (TPSA) is 38.1 Å². The van der Waals surface area contributed by atoms with Crippen LogP contribution in [0.25, 0.3) is 0 Å². The number of hydrogen-bond acceptors (Lipinski definition) is 3. The third kappa shape index (κ3) is 2.26. The van der Waals surface area contributed by atoms with Crippen LogP contribution in [-0.4, -0.2) is 27.1 Å². The van der Waals surface area contributed by atoms with E-state index in [0.29, 0.717) is 0 Å². The SMILES string of the molecule is Cc1cc(C(=O)N2CCCC2c2cnn(C)c2)c(C)s1. The Morgan fingerprint density at radius 3 is 2.85 bits per heavy atom. The van der Waals surface area contributed by atoms with E-state index in [4.69, 9.17) is 0 Å². The van der Waals surface area contributed by atoms with E-state index in [1.165, 1.54) is 4.88 Å². The molecule has 0 bridgehead atoms. The molecule has 106 valence electrons. The Kier molecular flexibility index (Phi) is 3.38. The molecule has 1 amide bonds. The Hall–Kier alpha value is -1.62. The van der Waals surface area contributed by atoms with Gasteiger partial charge in [-0.2, -0.15) is 5.10 Å². The molecule has 1 aliphatic rings. The van der Waals surface area contributed by atoms with Gasteiger partial charge in [0.05, 0.1) is 17.8 Å². The number of aromatic nitrogens is 2. The second kappa shape index (κ2) is 5.05. The minimum Gasteiger partial charge on any atom is -0.331 e. The first kappa shape index (κ1) is 13.4. The van der Waals surface area contributed by atoms with Crippen molar-refractivity contribution < 1.29 is 4.79 Å². The zero-order chi connectivity index (χ0) is 14.3. The molecule has 0 aromatic carbocycles. The molecule has 2 aromatic rings. The van der Waals surface area contributed by atoms with Crippen molar-refractivity contribution in [2.75, 3.05) is 6.54 Å². The van der Waals surface area contributed by atoms with Gasteiger partial charge in [-0.1, -0.05) is 0 Å². The molecule has 20 heavy (non-hydrogen) atoms. The van der Waals surface area contributed by atoms with Crippen molar-refractivity contribution >= 4 is 17.2 Å². The summed E-state index contributed by atoms with van der Waals surface area (Å²) in [4.78, 5) is 17.1. The first-order valence-electron chi connectivity index (χ1n) is 6.93. The van der Waals surface area contributed by atoms with Gasteiger partial charge < -0.3 is 4.90 Å². The van der Waals surface area contributed by atoms with Crippen LogP contribution in [0.4, 0.5) is 0 Å². The van der Waals surface area contributed by atoms with Crippen LogP contribution in [0.15, 0.2) is 18.5 Å². The summed E-state index contributed by atoms with van der Waals surface area (Å²) in [5.41, 5.74) is 2.01. The predicted molar refractivity (Wildman–Crippen MR) is 80.0 cm³/mol. The van der Waals surface area contributed by atoms with Crippen molar-refractivity contribution in [1.82, 2.24) is 14.7 Å². The standard InChI is InChI=1S/C15H19N3OS/c1-10-7-13(11(2)20-10)15(19)18-6-4-5-14(18)12-8-16-17(3)9-12/h7-9,14H,4-6H2,1-3H3. The largest absolute Gasteiger partial charge is 0.331 e. The van der Waals surface area contributed by atoms with Gasteiger partial charge in [-0.05, 0) is 32.8 Å². The summed E-state index contributed by atoms with van der Waals surface area (Å²) in [7, 11) is 1.91. The lowest BCUT2D eigenvalue weighted by atomic mass is 10.1. The van der Waals surface area contributed by atoms with E-state index in [-0.39, 0.29) is 11.9 Å². The number of amides is 1. The van der Waals surface area contributed by atoms with Crippen LogP contribution in [0.3, 0.4) is 0 Å². The normalized spacial score (nSPS) is 18.8. The maximum atomic E-state index is 12.8. The van der Waals surface area contributed by atoms with Crippen LogP contribution in [0.5, 0.6) is 0 Å². The highest BCUT2D eigenvalue weighted by atomic mass is 32.1. The molecular weight excluding hydrogens is 270 g/mol. The Morgan fingerprint density at radius 2 is 2.25 bits per heavy atom. The Morgan fingerprint density at radius 1 is 1.45 bits per heavy atom. The fourth-order valence-corrected chi connectivity index (χ4v) is 3.88. The highest BCUT2D eigenvalue weighted by Crippen LogP contribution is 2.34. The molecule has 1 atom stereocenters. The lowest BCUT2D eigenvalue weighted by Gasteiger charge is -2.23. The van der Waals surface area contributed by atoms with Crippen molar-refractivity contribution in [2.24, 2.45) is 7.05 Å². The first-order chi connectivity index (χ1) is 9.56. The summed E-state index contributed by atoms with van der Waals surface area (Å²) >= 11 is 1.69. The molecular formula is C15H19N3OS. The van der Waals surface area contributed by atoms with Crippen LogP contribution in [0, 0.1) is 13.8 Å². The molecule has 0 saturated carbocycles. The van der Waals surface area contributed by atoms with E-state index in [9.17, 15) is 4.79 Å². The smallest absolute Gasteiger partial charge is 0.255 e. The number of thiophene rings is 1. The van der Waals surface area contributed by atoms with E-state index >= 15 is 0 Å². The van der Waals surface area contributed by atoms with Gasteiger partial charge >= 0.3 is 0 Å². The maximum absolute atomic E-state index is 12.8. The van der Waals surface area contributed by atoms with Crippen molar-refractivity contribution in [3.8, 4) is 0 Å². The van der Waals surface area contributed by atoms with Gasteiger partial charge in [-0.3, -0.25) is 9.48 Å². The fraction of sp³-hybridized carbons (Fsp3) is 0.467. The summed E-state index contributed by atoms with van der Waals surface area (Å²) < 4.78 is 1.80. The van der Waals surface area contributed by atoms with E-state index in [1.807, 2.05) is 37.3 Å². The predicted octanol–water partition coefficient (Wildman–Crippen LogP) is 3.08. The summed E-state index contributed by atoms with van der Waals surface area (Å²) in [6.07, 6.45) is 5.98. The number of hydrogen-bond donors (Lipinski definition) is 0. The van der Waals surface area contributed by atoms with E-state index < -0.39 is 0 Å². The average Bonchev–Trinajstić information content (AvgIpc) is 3.08. The van der Waals surface area contributed by atoms with Crippen molar-refractivity contribution in [3.05, 3.63) is 39.3 Å². The van der Waals surface area contributed by atoms with Gasteiger partial charge in [-0.15, -0.1) is 11.3 Å². The second-order valence-electron chi connectivity index (χ2n) is 5.43. The van der Waals surface area contributed by atoms with Gasteiger partial charge in [0.2, 0.25) is 0 Å². The number of likely N-dealkylation sites (tertiary alicyclic amines) is 1. The number of carbonyl (C=O) groups is 1. The van der Waals surface area contributed by atoms with Crippen LogP contribution in [-0.2, 0) is 7.05 Å². The first-order valence-corrected chi connectivity index (χ1v) is 7.74. The molecule has 0 radical (unpaired) electrons. The highest BCUT2D eigenvalue weighted by molar-refractivity contribution is 7.12. The lowest BCUT2D eigenvalue weighted by molar-refractivity contribution is 0.0735. The van der Waals surface area contributed by atoms with E-state index in [0.717, 1.165) is 35.4 Å². The fourth-order valence-electron chi connectivity index (χ4n) is 2.97. The van der Waals surface area contributed by atoms with E-state index in [2.05, 4.69) is 12.0 Å². The maximum Gasteiger partial charge on any atom is 0.255 e. The van der Waals surface area contributed by atoms with Crippen molar-refractivity contribution in [2.45, 2.75) is 32.7 Å². The van der Waals surface area contributed by atoms with Gasteiger partial charge in [-0.25, -0.2) is 0 Å². The molecule has 0 spiro atoms. The lowest BCUT2D eigenvalue weighted by Crippen LogP contribution is -2.30. The molecule has 1 saturated heterocycles. The molecule has 3 heterocycles. The molecule has 1 fully saturated rings. The van der Waals surface area contributed by atoms with Crippen LogP contribution < -0.4 is 0 Å². The van der Waals surface area contributed by atoms with Crippen molar-refractivity contribution in [1.29, 1.82) is 0 Å². The minimum atomic E-state index is 0.165. The molecule has 3 rings (SSSR count). The summed E-state index contributed by atoms with van der Waals surface area (Å²) in [5, 5.41) is 4.23. The zero-order valence-electron chi connectivity index (χ0n) is 12.1. The summed E-state index contributed by atoms with van der Waals surface area (Å²) in [5.74, 6) is 0.165. The van der Waals surface area contributed by atoms with Crippen molar-refractivity contribution in [3.63, 3.8) is 0 Å². The van der Waals surface area contributed by atoms with Gasteiger partial charge in [0.1, 0.15) is 0 Å². The average molecular weight is 289 g/mol. The van der Waals surface area contributed by atoms with Gasteiger partial charge in [0, 0.05) is 35.1 Å².